The number of likely N-dealkylation sites (tertiary alicyclic amines) is 1. The van der Waals surface area contributed by atoms with Gasteiger partial charge in [-0.3, -0.25) is 0 Å². The zero-order valence-corrected chi connectivity index (χ0v) is 20.3. The number of hydrogen-bond donors (Lipinski definition) is 1. The van der Waals surface area contributed by atoms with Crippen molar-refractivity contribution < 1.29 is 4.79 Å². The van der Waals surface area contributed by atoms with E-state index in [1.165, 1.54) is 53.3 Å². The second-order valence-corrected chi connectivity index (χ2v) is 12.0. The number of urea groups is 1. The number of nitrogens with zero attached hydrogens (tertiary/aromatic N) is 1. The zero-order chi connectivity index (χ0) is 21.2. The summed E-state index contributed by atoms with van der Waals surface area (Å²) < 4.78 is 1.25. The Balaban J connectivity index is 1.15. The Morgan fingerprint density at radius 3 is 2.45 bits per heavy atom. The number of amides is 2. The van der Waals surface area contributed by atoms with Crippen molar-refractivity contribution in [3.05, 3.63) is 39.9 Å². The number of carbonyl (C=O) groups excluding carboxylic acids is 1. The fraction of sp³-hybridized carbons (Fsp3) is 0.667. The molecule has 1 aromatic rings. The molecular formula is C27H35BrN2O. The Bertz CT molecular complexity index is 886. The van der Waals surface area contributed by atoms with E-state index < -0.39 is 0 Å². The molecule has 0 atom stereocenters. The van der Waals surface area contributed by atoms with Crippen LogP contribution in [0, 0.1) is 23.7 Å². The molecule has 1 N–H and O–H groups in total. The third-order valence-corrected chi connectivity index (χ3v) is 10.1. The predicted octanol–water partition coefficient (Wildman–Crippen LogP) is 6.51. The summed E-state index contributed by atoms with van der Waals surface area (Å²) in [7, 11) is 0. The smallest absolute Gasteiger partial charge is 0.317 e. The number of carbonyl (C=O) groups is 1. The van der Waals surface area contributed by atoms with Gasteiger partial charge in [0.05, 0.1) is 0 Å². The molecule has 1 aliphatic heterocycles. The molecule has 1 spiro atoms. The van der Waals surface area contributed by atoms with Crippen molar-refractivity contribution in [3.63, 3.8) is 0 Å². The van der Waals surface area contributed by atoms with Gasteiger partial charge in [-0.1, -0.05) is 41.1 Å². The van der Waals surface area contributed by atoms with Crippen LogP contribution in [-0.4, -0.2) is 30.1 Å². The Morgan fingerprint density at radius 1 is 1.13 bits per heavy atom. The Hall–Kier alpha value is -1.29. The van der Waals surface area contributed by atoms with Crippen LogP contribution in [-0.2, 0) is 5.41 Å². The van der Waals surface area contributed by atoms with Gasteiger partial charge in [-0.15, -0.1) is 0 Å². The predicted molar refractivity (Wildman–Crippen MR) is 129 cm³/mol. The molecule has 1 aromatic carbocycles. The first-order valence-electron chi connectivity index (χ1n) is 12.6. The van der Waals surface area contributed by atoms with Crippen LogP contribution in [0.5, 0.6) is 0 Å². The zero-order valence-electron chi connectivity index (χ0n) is 18.7. The van der Waals surface area contributed by atoms with Gasteiger partial charge in [0.25, 0.3) is 0 Å². The number of fused-ring (bicyclic) bond motifs is 2. The number of piperidine rings is 1. The molecule has 5 fully saturated rings. The normalized spacial score (nSPS) is 36.3. The maximum Gasteiger partial charge on any atom is 0.317 e. The molecule has 1 saturated heterocycles. The summed E-state index contributed by atoms with van der Waals surface area (Å²) in [5, 5.41) is 3.54. The largest absolute Gasteiger partial charge is 0.335 e. The van der Waals surface area contributed by atoms with Gasteiger partial charge in [0.15, 0.2) is 0 Å². The number of allylic oxidation sites excluding steroid dienone is 2. The lowest BCUT2D eigenvalue weighted by Gasteiger charge is -2.54. The molecule has 0 radical (unpaired) electrons. The summed E-state index contributed by atoms with van der Waals surface area (Å²) >= 11 is 3.86. The van der Waals surface area contributed by atoms with E-state index in [4.69, 9.17) is 0 Å². The lowest BCUT2D eigenvalue weighted by molar-refractivity contribution is -0.0115. The van der Waals surface area contributed by atoms with Crippen LogP contribution in [0.15, 0.2) is 28.7 Å². The van der Waals surface area contributed by atoms with E-state index in [0.717, 1.165) is 62.4 Å². The summed E-state index contributed by atoms with van der Waals surface area (Å²) in [5.74, 6) is 3.40. The minimum atomic E-state index is 0.190. The quantitative estimate of drug-likeness (QED) is 0.511. The molecule has 166 valence electrons. The first-order valence-corrected chi connectivity index (χ1v) is 13.4. The van der Waals surface area contributed by atoms with E-state index in [1.54, 1.807) is 0 Å². The van der Waals surface area contributed by atoms with E-state index >= 15 is 0 Å². The van der Waals surface area contributed by atoms with Gasteiger partial charge < -0.3 is 10.2 Å². The number of nitrogens with one attached hydrogen (secondary N) is 1. The van der Waals surface area contributed by atoms with Crippen molar-refractivity contribution in [2.75, 3.05) is 13.1 Å². The second-order valence-electron chi connectivity index (χ2n) is 11.2. The van der Waals surface area contributed by atoms with Gasteiger partial charge in [0.2, 0.25) is 0 Å². The summed E-state index contributed by atoms with van der Waals surface area (Å²) in [6, 6.07) is 7.31. The Kier molecular flexibility index (Phi) is 5.01. The molecule has 3 nitrogen and oxygen atoms in total. The minimum absolute atomic E-state index is 0.190. The molecule has 4 bridgehead atoms. The van der Waals surface area contributed by atoms with Crippen LogP contribution in [0.1, 0.15) is 75.8 Å². The molecule has 7 rings (SSSR count). The van der Waals surface area contributed by atoms with Crippen molar-refractivity contribution in [2.24, 2.45) is 23.7 Å². The average Bonchev–Trinajstić information content (AvgIpc) is 3.05. The van der Waals surface area contributed by atoms with Crippen LogP contribution in [0.2, 0.25) is 0 Å². The standard InChI is InChI=1S/C27H35BrN2O/c1-2-4-19-16-27(24-22(19)5-3-6-23(24)28)7-9-30(10-8-27)26(31)29-25-20-12-17-11-18(14-20)15-21(25)13-17/h3-6,17-18,20-21,25H,2,7-16H2,1H3,(H,29,31). The number of benzene rings is 1. The van der Waals surface area contributed by atoms with Crippen LogP contribution in [0.4, 0.5) is 4.79 Å². The summed E-state index contributed by atoms with van der Waals surface area (Å²) in [6.07, 6.45) is 13.7. The number of rotatable bonds is 2. The highest BCUT2D eigenvalue weighted by atomic mass is 79.9. The minimum Gasteiger partial charge on any atom is -0.335 e. The van der Waals surface area contributed by atoms with E-state index in [9.17, 15) is 4.79 Å². The first-order chi connectivity index (χ1) is 15.1. The van der Waals surface area contributed by atoms with E-state index in [0.29, 0.717) is 6.04 Å². The van der Waals surface area contributed by atoms with Crippen molar-refractivity contribution in [1.82, 2.24) is 10.2 Å². The van der Waals surface area contributed by atoms with Crippen LogP contribution >= 0.6 is 15.9 Å². The molecule has 0 aromatic heterocycles. The lowest BCUT2D eigenvalue weighted by atomic mass is 9.54. The molecule has 31 heavy (non-hydrogen) atoms. The van der Waals surface area contributed by atoms with E-state index in [-0.39, 0.29) is 11.4 Å². The topological polar surface area (TPSA) is 32.3 Å². The van der Waals surface area contributed by atoms with E-state index in [1.807, 2.05) is 0 Å². The maximum atomic E-state index is 13.3. The molecule has 0 unspecified atom stereocenters. The highest BCUT2D eigenvalue weighted by Gasteiger charge is 2.49. The average molecular weight is 483 g/mol. The van der Waals surface area contributed by atoms with Crippen LogP contribution in [0.3, 0.4) is 0 Å². The summed E-state index contributed by atoms with van der Waals surface area (Å²) in [5.41, 5.74) is 4.62. The van der Waals surface area contributed by atoms with Crippen LogP contribution < -0.4 is 5.32 Å². The Labute approximate surface area is 195 Å². The number of hydrogen-bond acceptors (Lipinski definition) is 1. The first kappa shape index (κ1) is 20.3. The van der Waals surface area contributed by atoms with Gasteiger partial charge in [-0.2, -0.15) is 0 Å². The fourth-order valence-electron chi connectivity index (χ4n) is 8.27. The third-order valence-electron chi connectivity index (χ3n) is 9.39. The molecule has 5 aliphatic carbocycles. The monoisotopic (exact) mass is 482 g/mol. The number of halogens is 1. The van der Waals surface area contributed by atoms with Crippen LogP contribution in [0.25, 0.3) is 5.57 Å². The highest BCUT2D eigenvalue weighted by molar-refractivity contribution is 9.10. The molecule has 6 aliphatic rings. The fourth-order valence-corrected chi connectivity index (χ4v) is 9.05. The lowest BCUT2D eigenvalue weighted by Crippen LogP contribution is -2.59. The van der Waals surface area contributed by atoms with Gasteiger partial charge >= 0.3 is 6.03 Å². The summed E-state index contributed by atoms with van der Waals surface area (Å²) in [4.78, 5) is 15.4. The molecule has 4 heteroatoms. The highest BCUT2D eigenvalue weighted by Crippen LogP contribution is 2.55. The van der Waals surface area contributed by atoms with Gasteiger partial charge in [-0.25, -0.2) is 4.79 Å². The molecular weight excluding hydrogens is 448 g/mol. The summed E-state index contributed by atoms with van der Waals surface area (Å²) in [6.45, 7) is 3.98. The van der Waals surface area contributed by atoms with Crippen molar-refractivity contribution in [2.45, 2.75) is 76.2 Å². The van der Waals surface area contributed by atoms with Crippen molar-refractivity contribution in [3.8, 4) is 0 Å². The molecule has 1 heterocycles. The van der Waals surface area contributed by atoms with Crippen molar-refractivity contribution in [1.29, 1.82) is 0 Å². The molecule has 4 saturated carbocycles. The SMILES string of the molecule is CCC=C1CC2(CCN(C(=O)NC3C4CC5CC(C4)CC3C5)CC2)c2c(Br)cccc21. The van der Waals surface area contributed by atoms with Gasteiger partial charge in [-0.05, 0) is 104 Å². The third kappa shape index (κ3) is 3.31. The van der Waals surface area contributed by atoms with Gasteiger partial charge in [0.1, 0.15) is 0 Å². The second kappa shape index (κ2) is 7.64. The van der Waals surface area contributed by atoms with Gasteiger partial charge in [0, 0.05) is 29.0 Å². The molecule has 2 amide bonds. The maximum absolute atomic E-state index is 13.3. The Morgan fingerprint density at radius 2 is 1.81 bits per heavy atom. The van der Waals surface area contributed by atoms with Crippen molar-refractivity contribution >= 4 is 27.5 Å². The van der Waals surface area contributed by atoms with E-state index in [2.05, 4.69) is 57.3 Å².